The molecule has 0 aliphatic heterocycles. The number of nitrogens with two attached hydrogens (primary N) is 1. The van der Waals surface area contributed by atoms with Gasteiger partial charge in [0.05, 0.1) is 17.3 Å². The lowest BCUT2D eigenvalue weighted by Crippen LogP contribution is -2.08. The maximum atomic E-state index is 13.1. The maximum absolute atomic E-state index is 13.1. The van der Waals surface area contributed by atoms with E-state index in [0.717, 1.165) is 6.42 Å². The Bertz CT molecular complexity index is 347. The average Bonchev–Trinajstić information content (AvgIpc) is 2.25. The molecular weight excluding hydrogens is 233 g/mol. The Kier molecular flexibility index (Phi) is 5.35. The van der Waals surface area contributed by atoms with Gasteiger partial charge in [-0.1, -0.05) is 18.5 Å². The fraction of sp³-hybridized carbons (Fsp3) is 0.455. The van der Waals surface area contributed by atoms with Gasteiger partial charge in [0.2, 0.25) is 0 Å². The third kappa shape index (κ3) is 3.87. The Hall–Kier alpha value is -1.00. The lowest BCUT2D eigenvalue weighted by atomic mass is 10.3. The zero-order chi connectivity index (χ0) is 12.0. The molecule has 0 atom stereocenters. The van der Waals surface area contributed by atoms with Crippen molar-refractivity contribution in [3.8, 4) is 5.75 Å². The molecular formula is C11H15ClFNO2. The van der Waals surface area contributed by atoms with Crippen molar-refractivity contribution < 1.29 is 13.9 Å². The molecule has 0 amide bonds. The molecule has 1 rings (SSSR count). The van der Waals surface area contributed by atoms with Crippen LogP contribution in [-0.2, 0) is 4.74 Å². The average molecular weight is 248 g/mol. The lowest BCUT2D eigenvalue weighted by Gasteiger charge is -2.09. The van der Waals surface area contributed by atoms with Gasteiger partial charge in [0, 0.05) is 12.7 Å². The van der Waals surface area contributed by atoms with Gasteiger partial charge in [-0.05, 0) is 12.5 Å². The molecule has 0 bridgehead atoms. The molecule has 0 radical (unpaired) electrons. The Morgan fingerprint density at radius 3 is 2.75 bits per heavy atom. The molecule has 2 N–H and O–H groups in total. The topological polar surface area (TPSA) is 44.5 Å². The molecule has 5 heteroatoms. The van der Waals surface area contributed by atoms with E-state index in [1.54, 1.807) is 0 Å². The lowest BCUT2D eigenvalue weighted by molar-refractivity contribution is 0.101. The SMILES string of the molecule is CCCOCCOc1cc(F)c(Cl)cc1N. The molecule has 0 fully saturated rings. The highest BCUT2D eigenvalue weighted by molar-refractivity contribution is 6.31. The number of rotatable bonds is 6. The fourth-order valence-electron chi connectivity index (χ4n) is 1.13. The van der Waals surface area contributed by atoms with Crippen molar-refractivity contribution in [1.29, 1.82) is 0 Å². The summed E-state index contributed by atoms with van der Waals surface area (Å²) in [6, 6.07) is 2.51. The summed E-state index contributed by atoms with van der Waals surface area (Å²) in [5.74, 6) is -0.248. The largest absolute Gasteiger partial charge is 0.489 e. The van der Waals surface area contributed by atoms with Crippen LogP contribution in [0, 0.1) is 5.82 Å². The summed E-state index contributed by atoms with van der Waals surface area (Å²) < 4.78 is 23.6. The van der Waals surface area contributed by atoms with E-state index in [4.69, 9.17) is 26.8 Å². The van der Waals surface area contributed by atoms with E-state index >= 15 is 0 Å². The van der Waals surface area contributed by atoms with E-state index in [-0.39, 0.29) is 5.02 Å². The van der Waals surface area contributed by atoms with Gasteiger partial charge in [0.1, 0.15) is 18.2 Å². The van der Waals surface area contributed by atoms with Crippen molar-refractivity contribution in [2.45, 2.75) is 13.3 Å². The summed E-state index contributed by atoms with van der Waals surface area (Å²) in [7, 11) is 0. The normalized spacial score (nSPS) is 10.4. The van der Waals surface area contributed by atoms with Gasteiger partial charge in [0.25, 0.3) is 0 Å². The molecule has 0 spiro atoms. The molecule has 1 aromatic rings. The number of benzene rings is 1. The zero-order valence-electron chi connectivity index (χ0n) is 9.13. The summed E-state index contributed by atoms with van der Waals surface area (Å²) in [5, 5.41) is -0.00733. The Morgan fingerprint density at radius 1 is 1.31 bits per heavy atom. The Morgan fingerprint density at radius 2 is 2.06 bits per heavy atom. The van der Waals surface area contributed by atoms with Gasteiger partial charge in [-0.2, -0.15) is 0 Å². The molecule has 16 heavy (non-hydrogen) atoms. The number of anilines is 1. The van der Waals surface area contributed by atoms with Crippen LogP contribution in [0.25, 0.3) is 0 Å². The summed E-state index contributed by atoms with van der Waals surface area (Å²) >= 11 is 5.55. The fourth-order valence-corrected chi connectivity index (χ4v) is 1.30. The monoisotopic (exact) mass is 247 g/mol. The van der Waals surface area contributed by atoms with E-state index in [1.165, 1.54) is 12.1 Å². The highest BCUT2D eigenvalue weighted by Gasteiger charge is 2.06. The maximum Gasteiger partial charge on any atom is 0.145 e. The number of nitrogen functional groups attached to an aromatic ring is 1. The minimum atomic E-state index is -0.541. The third-order valence-electron chi connectivity index (χ3n) is 1.89. The standard InChI is InChI=1S/C11H15ClFNO2/c1-2-3-15-4-5-16-11-7-9(13)8(12)6-10(11)14/h6-7H,2-5,14H2,1H3. The zero-order valence-corrected chi connectivity index (χ0v) is 9.89. The van der Waals surface area contributed by atoms with E-state index in [0.29, 0.717) is 31.3 Å². The second kappa shape index (κ2) is 6.55. The predicted octanol–water partition coefficient (Wildman–Crippen LogP) is 2.87. The highest BCUT2D eigenvalue weighted by Crippen LogP contribution is 2.27. The minimum absolute atomic E-state index is 0.00733. The summed E-state index contributed by atoms with van der Waals surface area (Å²) in [6.45, 7) is 3.50. The van der Waals surface area contributed by atoms with Crippen LogP contribution in [0.15, 0.2) is 12.1 Å². The summed E-state index contributed by atoms with van der Waals surface area (Å²) in [6.07, 6.45) is 0.956. The van der Waals surface area contributed by atoms with Crippen molar-refractivity contribution in [2.24, 2.45) is 0 Å². The smallest absolute Gasteiger partial charge is 0.145 e. The van der Waals surface area contributed by atoms with Crippen LogP contribution in [-0.4, -0.2) is 19.8 Å². The molecule has 0 heterocycles. The first-order chi connectivity index (χ1) is 7.65. The van der Waals surface area contributed by atoms with Crippen molar-refractivity contribution in [3.05, 3.63) is 23.0 Å². The molecule has 1 aromatic carbocycles. The molecule has 0 saturated heterocycles. The van der Waals surface area contributed by atoms with Gasteiger partial charge >= 0.3 is 0 Å². The van der Waals surface area contributed by atoms with Crippen LogP contribution in [0.1, 0.15) is 13.3 Å². The molecule has 0 aliphatic rings. The van der Waals surface area contributed by atoms with Gasteiger partial charge in [0.15, 0.2) is 0 Å². The molecule has 0 aliphatic carbocycles. The van der Waals surface area contributed by atoms with Crippen LogP contribution in [0.3, 0.4) is 0 Å². The molecule has 0 aromatic heterocycles. The molecule has 0 saturated carbocycles. The van der Waals surface area contributed by atoms with Crippen LogP contribution < -0.4 is 10.5 Å². The number of ether oxygens (including phenoxy) is 2. The van der Waals surface area contributed by atoms with Gasteiger partial charge in [-0.15, -0.1) is 0 Å². The first kappa shape index (κ1) is 13.1. The second-order valence-corrected chi connectivity index (χ2v) is 3.67. The van der Waals surface area contributed by atoms with Gasteiger partial charge in [-0.25, -0.2) is 4.39 Å². The highest BCUT2D eigenvalue weighted by atomic mass is 35.5. The second-order valence-electron chi connectivity index (χ2n) is 3.26. The Balaban J connectivity index is 2.45. The van der Waals surface area contributed by atoms with E-state index in [1.807, 2.05) is 6.92 Å². The van der Waals surface area contributed by atoms with Crippen LogP contribution in [0.5, 0.6) is 5.75 Å². The van der Waals surface area contributed by atoms with Gasteiger partial charge in [-0.3, -0.25) is 0 Å². The first-order valence-electron chi connectivity index (χ1n) is 5.10. The predicted molar refractivity (Wildman–Crippen MR) is 62.4 cm³/mol. The van der Waals surface area contributed by atoms with E-state index < -0.39 is 5.82 Å². The van der Waals surface area contributed by atoms with E-state index in [2.05, 4.69) is 0 Å². The quantitative estimate of drug-likeness (QED) is 0.621. The van der Waals surface area contributed by atoms with Crippen LogP contribution in [0.4, 0.5) is 10.1 Å². The van der Waals surface area contributed by atoms with Crippen molar-refractivity contribution in [2.75, 3.05) is 25.6 Å². The van der Waals surface area contributed by atoms with Crippen LogP contribution in [0.2, 0.25) is 5.02 Å². The summed E-state index contributed by atoms with van der Waals surface area (Å²) in [4.78, 5) is 0. The number of hydrogen-bond donors (Lipinski definition) is 1. The van der Waals surface area contributed by atoms with Gasteiger partial charge < -0.3 is 15.2 Å². The summed E-state index contributed by atoms with van der Waals surface area (Å²) in [5.41, 5.74) is 5.94. The van der Waals surface area contributed by atoms with Crippen molar-refractivity contribution in [1.82, 2.24) is 0 Å². The van der Waals surface area contributed by atoms with Crippen LogP contribution >= 0.6 is 11.6 Å². The van der Waals surface area contributed by atoms with Crippen molar-refractivity contribution >= 4 is 17.3 Å². The molecule has 0 unspecified atom stereocenters. The number of hydrogen-bond acceptors (Lipinski definition) is 3. The molecule has 3 nitrogen and oxygen atoms in total. The van der Waals surface area contributed by atoms with Crippen molar-refractivity contribution in [3.63, 3.8) is 0 Å². The van der Waals surface area contributed by atoms with E-state index in [9.17, 15) is 4.39 Å². The minimum Gasteiger partial charge on any atom is -0.489 e. The third-order valence-corrected chi connectivity index (χ3v) is 2.18. The number of halogens is 2. The molecule has 90 valence electrons. The Labute approximate surface area is 99.3 Å². The first-order valence-corrected chi connectivity index (χ1v) is 5.48.